The number of sulfone groups is 1. The van der Waals surface area contributed by atoms with Crippen molar-refractivity contribution in [3.63, 3.8) is 0 Å². The van der Waals surface area contributed by atoms with E-state index in [1.165, 1.54) is 24.3 Å². The number of carbonyl (C=O) groups excluding carboxylic acids is 1. The molecule has 0 bridgehead atoms. The molecule has 1 amide bonds. The number of hydrogen-bond acceptors (Lipinski definition) is 4. The molecule has 1 aliphatic rings. The molecule has 8 heteroatoms. The summed E-state index contributed by atoms with van der Waals surface area (Å²) in [5.41, 5.74) is 0.387. The predicted molar refractivity (Wildman–Crippen MR) is 91.7 cm³/mol. The molecule has 5 nitrogen and oxygen atoms in total. The van der Waals surface area contributed by atoms with Crippen LogP contribution in [0, 0.1) is 0 Å². The lowest BCUT2D eigenvalue weighted by Gasteiger charge is -2.32. The lowest BCUT2D eigenvalue weighted by atomic mass is 10.0. The van der Waals surface area contributed by atoms with Crippen molar-refractivity contribution in [2.75, 3.05) is 19.6 Å². The number of piperidine rings is 1. The molecule has 1 saturated heterocycles. The second-order valence-electron chi connectivity index (χ2n) is 6.56. The van der Waals surface area contributed by atoms with E-state index < -0.39 is 21.5 Å². The van der Waals surface area contributed by atoms with Gasteiger partial charge in [0.1, 0.15) is 0 Å². The smallest absolute Gasteiger partial charge is 0.251 e. The van der Waals surface area contributed by atoms with Crippen LogP contribution in [0.25, 0.3) is 0 Å². The van der Waals surface area contributed by atoms with Crippen molar-refractivity contribution in [2.24, 2.45) is 0 Å². The van der Waals surface area contributed by atoms with E-state index in [0.29, 0.717) is 31.5 Å². The Morgan fingerprint density at radius 2 is 1.76 bits per heavy atom. The van der Waals surface area contributed by atoms with E-state index in [2.05, 4.69) is 5.32 Å². The first-order valence-electron chi connectivity index (χ1n) is 8.35. The van der Waals surface area contributed by atoms with E-state index in [-0.39, 0.29) is 23.4 Å². The fraction of sp³-hybridized carbons (Fsp3) is 0.588. The number of hydrogen-bond donors (Lipinski definition) is 1. The van der Waals surface area contributed by atoms with Gasteiger partial charge in [0.05, 0.1) is 16.7 Å². The Kier molecular flexibility index (Phi) is 6.51. The molecule has 0 unspecified atom stereocenters. The molecule has 0 radical (unpaired) electrons. The molecule has 1 aliphatic heterocycles. The van der Waals surface area contributed by atoms with Gasteiger partial charge in [0.25, 0.3) is 12.3 Å². The Morgan fingerprint density at radius 1 is 1.20 bits per heavy atom. The largest absolute Gasteiger partial charge is 0.349 e. The molecule has 0 atom stereocenters. The maximum absolute atomic E-state index is 12.4. The van der Waals surface area contributed by atoms with Crippen LogP contribution >= 0.6 is 0 Å². The topological polar surface area (TPSA) is 66.5 Å². The first-order chi connectivity index (χ1) is 11.7. The van der Waals surface area contributed by atoms with Crippen molar-refractivity contribution < 1.29 is 22.0 Å². The van der Waals surface area contributed by atoms with Gasteiger partial charge in [-0.05, 0) is 51.0 Å². The summed E-state index contributed by atoms with van der Waals surface area (Å²) in [7, 11) is -3.36. The van der Waals surface area contributed by atoms with Gasteiger partial charge in [0, 0.05) is 24.7 Å². The first-order valence-corrected chi connectivity index (χ1v) is 9.90. The van der Waals surface area contributed by atoms with Crippen LogP contribution in [-0.4, -0.2) is 56.6 Å². The summed E-state index contributed by atoms with van der Waals surface area (Å²) in [4.78, 5) is 14.2. The molecule has 1 heterocycles. The highest BCUT2D eigenvalue weighted by molar-refractivity contribution is 7.92. The third kappa shape index (κ3) is 5.22. The molecular formula is C17H24F2N2O3S. The van der Waals surface area contributed by atoms with Gasteiger partial charge in [0.2, 0.25) is 0 Å². The Balaban J connectivity index is 1.92. The van der Waals surface area contributed by atoms with Crippen molar-refractivity contribution in [1.82, 2.24) is 10.2 Å². The summed E-state index contributed by atoms with van der Waals surface area (Å²) in [5, 5.41) is 2.36. The zero-order chi connectivity index (χ0) is 18.6. The predicted octanol–water partition coefficient (Wildman–Crippen LogP) is 2.33. The van der Waals surface area contributed by atoms with Crippen LogP contribution in [0.3, 0.4) is 0 Å². The summed E-state index contributed by atoms with van der Waals surface area (Å²) in [6.07, 6.45) is -1.09. The van der Waals surface area contributed by atoms with Crippen molar-refractivity contribution in [3.8, 4) is 0 Å². The van der Waals surface area contributed by atoms with Crippen molar-refractivity contribution >= 4 is 15.7 Å². The Hall–Kier alpha value is -1.54. The number of halogens is 2. The van der Waals surface area contributed by atoms with E-state index in [4.69, 9.17) is 0 Å². The average molecular weight is 374 g/mol. The van der Waals surface area contributed by atoms with Gasteiger partial charge >= 0.3 is 0 Å². The highest BCUT2D eigenvalue weighted by Crippen LogP contribution is 2.17. The highest BCUT2D eigenvalue weighted by atomic mass is 32.2. The average Bonchev–Trinajstić information content (AvgIpc) is 2.56. The number of nitrogens with zero attached hydrogens (tertiary/aromatic N) is 1. The number of rotatable bonds is 6. The maximum atomic E-state index is 12.4. The SMILES string of the molecule is CC(C)S(=O)(=O)c1ccc(C(=O)NC2CCN(CC(F)F)CC2)cc1. The van der Waals surface area contributed by atoms with Crippen LogP contribution in [0.1, 0.15) is 37.0 Å². The third-order valence-corrected chi connectivity index (χ3v) is 6.56. The van der Waals surface area contributed by atoms with Crippen LogP contribution in [0.4, 0.5) is 8.78 Å². The van der Waals surface area contributed by atoms with Gasteiger partial charge in [-0.1, -0.05) is 0 Å². The Labute approximate surface area is 147 Å². The molecule has 1 aromatic rings. The number of amides is 1. The number of nitrogens with one attached hydrogen (secondary N) is 1. The van der Waals surface area contributed by atoms with Crippen LogP contribution in [-0.2, 0) is 9.84 Å². The van der Waals surface area contributed by atoms with E-state index in [9.17, 15) is 22.0 Å². The van der Waals surface area contributed by atoms with Gasteiger partial charge in [0.15, 0.2) is 9.84 Å². The minimum atomic E-state index is -3.36. The monoisotopic (exact) mass is 374 g/mol. The van der Waals surface area contributed by atoms with Crippen molar-refractivity contribution in [2.45, 2.75) is 49.3 Å². The molecule has 25 heavy (non-hydrogen) atoms. The van der Waals surface area contributed by atoms with Crippen LogP contribution in [0.2, 0.25) is 0 Å². The fourth-order valence-electron chi connectivity index (χ4n) is 2.79. The lowest BCUT2D eigenvalue weighted by molar-refractivity contribution is 0.0696. The van der Waals surface area contributed by atoms with E-state index in [1.54, 1.807) is 18.7 Å². The minimum Gasteiger partial charge on any atom is -0.349 e. The second-order valence-corrected chi connectivity index (χ2v) is 9.06. The molecule has 1 aromatic carbocycles. The van der Waals surface area contributed by atoms with Crippen molar-refractivity contribution in [1.29, 1.82) is 0 Å². The normalized spacial score (nSPS) is 17.2. The van der Waals surface area contributed by atoms with Gasteiger partial charge < -0.3 is 5.32 Å². The summed E-state index contributed by atoms with van der Waals surface area (Å²) in [6.45, 7) is 4.04. The molecule has 0 aliphatic carbocycles. The number of alkyl halides is 2. The number of benzene rings is 1. The molecule has 140 valence electrons. The van der Waals surface area contributed by atoms with Crippen LogP contribution in [0.15, 0.2) is 29.2 Å². The highest BCUT2D eigenvalue weighted by Gasteiger charge is 2.23. The summed E-state index contributed by atoms with van der Waals surface area (Å²) in [5.74, 6) is -0.277. The van der Waals surface area contributed by atoms with Gasteiger partial charge in [-0.2, -0.15) is 0 Å². The first kappa shape index (κ1) is 19.8. The molecule has 0 saturated carbocycles. The zero-order valence-electron chi connectivity index (χ0n) is 14.4. The molecule has 0 aromatic heterocycles. The summed E-state index contributed by atoms with van der Waals surface area (Å²) >= 11 is 0. The quantitative estimate of drug-likeness (QED) is 0.830. The third-order valence-electron chi connectivity index (χ3n) is 4.38. The molecule has 1 N–H and O–H groups in total. The number of carbonyl (C=O) groups is 1. The Bertz CT molecular complexity index is 682. The maximum Gasteiger partial charge on any atom is 0.251 e. The van der Waals surface area contributed by atoms with Crippen LogP contribution < -0.4 is 5.32 Å². The van der Waals surface area contributed by atoms with Gasteiger partial charge in [-0.15, -0.1) is 0 Å². The second kappa shape index (κ2) is 8.23. The molecular weight excluding hydrogens is 350 g/mol. The lowest BCUT2D eigenvalue weighted by Crippen LogP contribution is -2.45. The van der Waals surface area contributed by atoms with Crippen molar-refractivity contribution in [3.05, 3.63) is 29.8 Å². The molecule has 0 spiro atoms. The van der Waals surface area contributed by atoms with E-state index in [0.717, 1.165) is 0 Å². The van der Waals surface area contributed by atoms with Crippen LogP contribution in [0.5, 0.6) is 0 Å². The zero-order valence-corrected chi connectivity index (χ0v) is 15.2. The van der Waals surface area contributed by atoms with Gasteiger partial charge in [-0.25, -0.2) is 17.2 Å². The standard InChI is InChI=1S/C17H24F2N2O3S/c1-12(2)25(23,24)15-5-3-13(4-6-15)17(22)20-14-7-9-21(10-8-14)11-16(18)19/h3-6,12,14,16H,7-11H2,1-2H3,(H,20,22). The molecule has 2 rings (SSSR count). The van der Waals surface area contributed by atoms with E-state index >= 15 is 0 Å². The minimum absolute atomic E-state index is 0.0551. The van der Waals surface area contributed by atoms with Gasteiger partial charge in [-0.3, -0.25) is 9.69 Å². The number of likely N-dealkylation sites (tertiary alicyclic amines) is 1. The fourth-order valence-corrected chi connectivity index (χ4v) is 3.85. The summed E-state index contributed by atoms with van der Waals surface area (Å²) < 4.78 is 48.9. The Morgan fingerprint density at radius 3 is 2.24 bits per heavy atom. The summed E-state index contributed by atoms with van der Waals surface area (Å²) in [6, 6.07) is 5.82. The molecule has 1 fully saturated rings. The van der Waals surface area contributed by atoms with E-state index in [1.807, 2.05) is 0 Å².